The Labute approximate surface area is 186 Å². The summed E-state index contributed by atoms with van der Waals surface area (Å²) in [6.07, 6.45) is 0. The minimum absolute atomic E-state index is 0.0957. The van der Waals surface area contributed by atoms with Crippen molar-refractivity contribution in [3.05, 3.63) is 83.7 Å². The Morgan fingerprint density at radius 3 is 2.68 bits per heavy atom. The van der Waals surface area contributed by atoms with Gasteiger partial charge in [-0.25, -0.2) is 9.37 Å². The summed E-state index contributed by atoms with van der Waals surface area (Å²) in [5.41, 5.74) is 3.44. The Balaban J connectivity index is 1.40. The van der Waals surface area contributed by atoms with Crippen LogP contribution in [-0.4, -0.2) is 22.6 Å². The van der Waals surface area contributed by atoms with Crippen LogP contribution in [0.4, 0.5) is 15.8 Å². The maximum atomic E-state index is 13.3. The van der Waals surface area contributed by atoms with Crippen molar-refractivity contribution < 1.29 is 14.0 Å². The van der Waals surface area contributed by atoms with Gasteiger partial charge >= 0.3 is 0 Å². The van der Waals surface area contributed by atoms with Crippen molar-refractivity contribution >= 4 is 56.5 Å². The van der Waals surface area contributed by atoms with Crippen LogP contribution in [0.25, 0.3) is 10.2 Å². The van der Waals surface area contributed by atoms with Gasteiger partial charge < -0.3 is 10.6 Å². The molecule has 0 aliphatic heterocycles. The number of hydrogen-bond acceptors (Lipinski definition) is 5. The van der Waals surface area contributed by atoms with Gasteiger partial charge in [-0.3, -0.25) is 9.59 Å². The number of amides is 2. The molecule has 2 N–H and O–H groups in total. The summed E-state index contributed by atoms with van der Waals surface area (Å²) < 4.78 is 15.0. The first kappa shape index (κ1) is 21.0. The Bertz CT molecular complexity index is 1270. The molecule has 3 aromatic carbocycles. The Kier molecular flexibility index (Phi) is 6.29. The largest absolute Gasteiger partial charge is 0.325 e. The molecule has 31 heavy (non-hydrogen) atoms. The van der Waals surface area contributed by atoms with Crippen molar-refractivity contribution in [1.29, 1.82) is 0 Å². The molecule has 1 aromatic heterocycles. The van der Waals surface area contributed by atoms with Crippen molar-refractivity contribution in [2.24, 2.45) is 0 Å². The molecule has 0 aliphatic carbocycles. The van der Waals surface area contributed by atoms with Crippen molar-refractivity contribution in [2.45, 2.75) is 11.3 Å². The Morgan fingerprint density at radius 2 is 1.87 bits per heavy atom. The van der Waals surface area contributed by atoms with E-state index in [0.29, 0.717) is 5.69 Å². The minimum Gasteiger partial charge on any atom is -0.325 e. The first-order valence-corrected chi connectivity index (χ1v) is 11.2. The summed E-state index contributed by atoms with van der Waals surface area (Å²) >= 11 is 2.81. The third-order valence-corrected chi connectivity index (χ3v) is 6.62. The molecule has 0 bridgehead atoms. The van der Waals surface area contributed by atoms with Crippen LogP contribution in [0, 0.1) is 12.7 Å². The van der Waals surface area contributed by atoms with Gasteiger partial charge in [-0.05, 0) is 55.0 Å². The Hall–Kier alpha value is -3.23. The van der Waals surface area contributed by atoms with Gasteiger partial charge in [-0.15, -0.1) is 11.3 Å². The molecule has 4 rings (SSSR count). The smallest absolute Gasteiger partial charge is 0.255 e. The highest BCUT2D eigenvalue weighted by atomic mass is 32.2. The first-order chi connectivity index (χ1) is 15.0. The summed E-state index contributed by atoms with van der Waals surface area (Å²) in [4.78, 5) is 29.1. The van der Waals surface area contributed by atoms with Crippen LogP contribution in [0.3, 0.4) is 0 Å². The second-order valence-corrected chi connectivity index (χ2v) is 9.03. The predicted octanol–water partition coefficient (Wildman–Crippen LogP) is 5.73. The average Bonchev–Trinajstić information content (AvgIpc) is 3.16. The number of hydrogen-bond donors (Lipinski definition) is 2. The normalized spacial score (nSPS) is 10.8. The number of fused-ring (bicyclic) bond motifs is 1. The van der Waals surface area contributed by atoms with Gasteiger partial charge in [0.2, 0.25) is 5.91 Å². The van der Waals surface area contributed by atoms with Crippen molar-refractivity contribution in [3.63, 3.8) is 0 Å². The summed E-state index contributed by atoms with van der Waals surface area (Å²) in [5.74, 6) is -0.691. The van der Waals surface area contributed by atoms with Gasteiger partial charge in [0.1, 0.15) is 5.82 Å². The Morgan fingerprint density at radius 1 is 1.03 bits per heavy atom. The molecule has 0 radical (unpaired) electrons. The summed E-state index contributed by atoms with van der Waals surface area (Å²) in [7, 11) is 0. The second-order valence-electron chi connectivity index (χ2n) is 6.78. The SMILES string of the molecule is Cc1ccccc1NC(=O)CSc1nc2ccc(NC(=O)c3cccc(F)c3)cc2s1. The highest BCUT2D eigenvalue weighted by molar-refractivity contribution is 8.01. The van der Waals surface area contributed by atoms with E-state index in [1.807, 2.05) is 43.3 Å². The van der Waals surface area contributed by atoms with Crippen LogP contribution in [0.1, 0.15) is 15.9 Å². The van der Waals surface area contributed by atoms with Crippen molar-refractivity contribution in [1.82, 2.24) is 4.98 Å². The fourth-order valence-corrected chi connectivity index (χ4v) is 4.81. The number of carbonyl (C=O) groups is 2. The number of nitrogens with one attached hydrogen (secondary N) is 2. The van der Waals surface area contributed by atoms with E-state index in [-0.39, 0.29) is 23.1 Å². The summed E-state index contributed by atoms with van der Waals surface area (Å²) in [6.45, 7) is 1.95. The molecule has 4 aromatic rings. The number of carbonyl (C=O) groups excluding carboxylic acids is 2. The number of benzene rings is 3. The highest BCUT2D eigenvalue weighted by Gasteiger charge is 2.11. The van der Waals surface area contributed by atoms with E-state index in [9.17, 15) is 14.0 Å². The first-order valence-electron chi connectivity index (χ1n) is 9.44. The zero-order valence-corrected chi connectivity index (χ0v) is 18.1. The molecular weight excluding hydrogens is 433 g/mol. The number of halogens is 1. The zero-order chi connectivity index (χ0) is 21.8. The van der Waals surface area contributed by atoms with Crippen LogP contribution in [0.15, 0.2) is 71.1 Å². The van der Waals surface area contributed by atoms with E-state index >= 15 is 0 Å². The maximum Gasteiger partial charge on any atom is 0.255 e. The van der Waals surface area contributed by atoms with Crippen LogP contribution in [0.2, 0.25) is 0 Å². The van der Waals surface area contributed by atoms with E-state index in [1.165, 1.54) is 41.3 Å². The number of aryl methyl sites for hydroxylation is 1. The number of nitrogens with zero attached hydrogens (tertiary/aromatic N) is 1. The summed E-state index contributed by atoms with van der Waals surface area (Å²) in [6, 6.07) is 18.5. The average molecular weight is 452 g/mol. The maximum absolute atomic E-state index is 13.3. The lowest BCUT2D eigenvalue weighted by molar-refractivity contribution is -0.113. The van der Waals surface area contributed by atoms with Gasteiger partial charge in [0.25, 0.3) is 5.91 Å². The fourth-order valence-electron chi connectivity index (χ4n) is 2.90. The number of rotatable bonds is 6. The van der Waals surface area contributed by atoms with Crippen molar-refractivity contribution in [3.8, 4) is 0 Å². The molecule has 0 spiro atoms. The topological polar surface area (TPSA) is 71.1 Å². The van der Waals surface area contributed by atoms with Crippen LogP contribution in [-0.2, 0) is 4.79 Å². The van der Waals surface area contributed by atoms with Crippen LogP contribution in [0.5, 0.6) is 0 Å². The van der Waals surface area contributed by atoms with Gasteiger partial charge in [0.15, 0.2) is 4.34 Å². The zero-order valence-electron chi connectivity index (χ0n) is 16.5. The van der Waals surface area contributed by atoms with E-state index in [0.717, 1.165) is 25.8 Å². The lowest BCUT2D eigenvalue weighted by Crippen LogP contribution is -2.14. The van der Waals surface area contributed by atoms with Crippen LogP contribution >= 0.6 is 23.1 Å². The van der Waals surface area contributed by atoms with E-state index in [1.54, 1.807) is 12.1 Å². The number of thioether (sulfide) groups is 1. The lowest BCUT2D eigenvalue weighted by Gasteiger charge is -2.06. The molecule has 5 nitrogen and oxygen atoms in total. The van der Waals surface area contributed by atoms with E-state index in [2.05, 4.69) is 15.6 Å². The molecular formula is C23H18FN3O2S2. The molecule has 8 heteroatoms. The van der Waals surface area contributed by atoms with Gasteiger partial charge in [0.05, 0.1) is 16.0 Å². The van der Waals surface area contributed by atoms with Crippen molar-refractivity contribution in [2.75, 3.05) is 16.4 Å². The standard InChI is InChI=1S/C23H18FN3O2S2/c1-14-5-2-3-8-18(14)26-21(28)13-30-23-27-19-10-9-17(12-20(19)31-23)25-22(29)15-6-4-7-16(24)11-15/h2-12H,13H2,1H3,(H,25,29)(H,26,28). The second kappa shape index (κ2) is 9.28. The number of para-hydroxylation sites is 1. The van der Waals surface area contributed by atoms with Gasteiger partial charge in [-0.2, -0.15) is 0 Å². The minimum atomic E-state index is -0.460. The molecule has 0 saturated heterocycles. The molecule has 2 amide bonds. The van der Waals surface area contributed by atoms with Gasteiger partial charge in [-0.1, -0.05) is 36.0 Å². The van der Waals surface area contributed by atoms with E-state index in [4.69, 9.17) is 0 Å². The molecule has 0 atom stereocenters. The third kappa shape index (κ3) is 5.28. The molecule has 0 saturated carbocycles. The molecule has 156 valence electrons. The van der Waals surface area contributed by atoms with Crippen LogP contribution < -0.4 is 10.6 Å². The number of aromatic nitrogens is 1. The summed E-state index contributed by atoms with van der Waals surface area (Å²) in [5, 5.41) is 5.68. The number of thiazole rings is 1. The fraction of sp³-hybridized carbons (Fsp3) is 0.0870. The number of anilines is 2. The molecule has 0 fully saturated rings. The monoisotopic (exact) mass is 451 g/mol. The quantitative estimate of drug-likeness (QED) is 0.368. The van der Waals surface area contributed by atoms with Gasteiger partial charge in [0, 0.05) is 16.9 Å². The highest BCUT2D eigenvalue weighted by Crippen LogP contribution is 2.31. The lowest BCUT2D eigenvalue weighted by atomic mass is 10.2. The van der Waals surface area contributed by atoms with E-state index < -0.39 is 5.82 Å². The molecule has 1 heterocycles. The molecule has 0 unspecified atom stereocenters. The molecule has 0 aliphatic rings. The third-order valence-electron chi connectivity index (χ3n) is 4.46. The predicted molar refractivity (Wildman–Crippen MR) is 125 cm³/mol.